The van der Waals surface area contributed by atoms with E-state index >= 15 is 0 Å². The molecule has 2 unspecified atom stereocenters. The van der Waals surface area contributed by atoms with Gasteiger partial charge in [-0.3, -0.25) is 37.3 Å². The van der Waals surface area contributed by atoms with Gasteiger partial charge in [0.05, 0.1) is 26.4 Å². The molecule has 0 aromatic rings. The van der Waals surface area contributed by atoms with E-state index in [-0.39, 0.29) is 25.7 Å². The van der Waals surface area contributed by atoms with Crippen LogP contribution in [0, 0.1) is 23.7 Å². The van der Waals surface area contributed by atoms with E-state index in [0.717, 1.165) is 108 Å². The first-order chi connectivity index (χ1) is 42.1. The minimum absolute atomic E-state index is 0.101. The molecule has 0 bridgehead atoms. The summed E-state index contributed by atoms with van der Waals surface area (Å²) in [5.41, 5.74) is 0. The lowest BCUT2D eigenvalue weighted by Crippen LogP contribution is -2.30. The molecule has 522 valence electrons. The molecule has 0 fully saturated rings. The fourth-order valence-electron chi connectivity index (χ4n) is 10.3. The zero-order valence-electron chi connectivity index (χ0n) is 57.3. The summed E-state index contributed by atoms with van der Waals surface area (Å²) in [4.78, 5) is 72.3. The van der Waals surface area contributed by atoms with Gasteiger partial charge in [-0.25, -0.2) is 9.13 Å². The summed E-state index contributed by atoms with van der Waals surface area (Å²) >= 11 is 0. The Morgan fingerprint density at radius 2 is 0.477 bits per heavy atom. The van der Waals surface area contributed by atoms with Crippen molar-refractivity contribution in [2.45, 2.75) is 356 Å². The second kappa shape index (κ2) is 58.8. The van der Waals surface area contributed by atoms with Crippen molar-refractivity contribution < 1.29 is 80.2 Å². The van der Waals surface area contributed by atoms with Crippen LogP contribution in [0.2, 0.25) is 0 Å². The van der Waals surface area contributed by atoms with E-state index in [4.69, 9.17) is 37.0 Å². The van der Waals surface area contributed by atoms with Gasteiger partial charge in [-0.05, 0) is 49.4 Å². The highest BCUT2D eigenvalue weighted by Crippen LogP contribution is 2.45. The van der Waals surface area contributed by atoms with Crippen LogP contribution in [0.4, 0.5) is 0 Å². The maximum Gasteiger partial charge on any atom is 0.472 e. The van der Waals surface area contributed by atoms with E-state index in [1.807, 2.05) is 0 Å². The molecule has 0 saturated heterocycles. The van der Waals surface area contributed by atoms with Crippen molar-refractivity contribution in [3.05, 3.63) is 0 Å². The molecule has 0 radical (unpaired) electrons. The summed E-state index contributed by atoms with van der Waals surface area (Å²) in [5, 5.41) is 10.6. The fourth-order valence-corrected chi connectivity index (χ4v) is 11.9. The monoisotopic (exact) mass is 1300 g/mol. The quantitative estimate of drug-likeness (QED) is 0.0222. The Morgan fingerprint density at radius 3 is 0.705 bits per heavy atom. The summed E-state index contributed by atoms with van der Waals surface area (Å²) in [7, 11) is -9.90. The Morgan fingerprint density at radius 1 is 0.284 bits per heavy atom. The number of ether oxygens (including phenoxy) is 4. The number of rotatable bonds is 66. The molecule has 19 heteroatoms. The van der Waals surface area contributed by atoms with Crippen molar-refractivity contribution in [3.8, 4) is 0 Å². The third kappa shape index (κ3) is 62.8. The van der Waals surface area contributed by atoms with Crippen molar-refractivity contribution in [1.82, 2.24) is 0 Å². The number of hydrogen-bond donors (Lipinski definition) is 3. The smallest absolute Gasteiger partial charge is 0.462 e. The van der Waals surface area contributed by atoms with E-state index in [2.05, 4.69) is 55.4 Å². The maximum atomic E-state index is 13.0. The zero-order valence-corrected chi connectivity index (χ0v) is 59.1. The highest BCUT2D eigenvalue weighted by molar-refractivity contribution is 7.47. The van der Waals surface area contributed by atoms with Gasteiger partial charge in [0.25, 0.3) is 0 Å². The van der Waals surface area contributed by atoms with Crippen LogP contribution in [-0.2, 0) is 65.4 Å². The Kier molecular flexibility index (Phi) is 57.6. The summed E-state index contributed by atoms with van der Waals surface area (Å²) in [6.45, 7) is 13.9. The van der Waals surface area contributed by atoms with Crippen LogP contribution in [0.25, 0.3) is 0 Å². The van der Waals surface area contributed by atoms with E-state index in [0.29, 0.717) is 37.5 Å². The second-order valence-corrected chi connectivity index (χ2v) is 29.7. The van der Waals surface area contributed by atoms with Crippen LogP contribution in [-0.4, -0.2) is 96.7 Å². The first-order valence-corrected chi connectivity index (χ1v) is 38.7. The number of carbonyl (C=O) groups is 4. The number of hydrogen-bond acceptors (Lipinski definition) is 15. The van der Waals surface area contributed by atoms with Gasteiger partial charge in [0.2, 0.25) is 0 Å². The predicted molar refractivity (Wildman–Crippen MR) is 354 cm³/mol. The van der Waals surface area contributed by atoms with E-state index in [9.17, 15) is 43.2 Å². The van der Waals surface area contributed by atoms with Crippen LogP contribution < -0.4 is 0 Å². The lowest BCUT2D eigenvalue weighted by molar-refractivity contribution is -0.161. The SMILES string of the molecule is CC(C)CCCCCCCCCCCCCCCCCCC(=O)OC[C@H](COP(=O)(O)OC[C@@H](O)COP(=O)(O)OC[C@@H](COC(=O)CCCCCCCCC(C)C)OC(=O)CCCCCCCCC(C)C)OC(=O)CCCCCCCCCCC(C)C. The standard InChI is InChI=1S/C69H134O17P2/c1-59(2)45-37-29-21-17-15-13-11-9-10-12-14-16-18-23-33-41-49-66(71)79-55-64(85-68(73)51-43-35-24-20-19-22-30-38-46-60(3)4)57-83-87(75,76)81-53-63(70)54-82-88(77,78)84-58-65(86-69(74)52-44-36-28-26-32-40-48-62(7)8)56-80-67(72)50-42-34-27-25-31-39-47-61(5)6/h59-65,70H,9-58H2,1-8H3,(H,75,76)(H,77,78)/t63-,64-,65-/m1/s1. The molecule has 0 heterocycles. The minimum atomic E-state index is -4.95. The van der Waals surface area contributed by atoms with E-state index in [1.54, 1.807) is 0 Å². The van der Waals surface area contributed by atoms with Crippen molar-refractivity contribution in [2.24, 2.45) is 23.7 Å². The van der Waals surface area contributed by atoms with Gasteiger partial charge >= 0.3 is 39.5 Å². The molecule has 0 aliphatic carbocycles. The fraction of sp³-hybridized carbons (Fsp3) is 0.942. The molecule has 0 aromatic heterocycles. The number of carbonyl (C=O) groups excluding carboxylic acids is 4. The van der Waals surface area contributed by atoms with Gasteiger partial charge in [0.15, 0.2) is 12.2 Å². The van der Waals surface area contributed by atoms with Gasteiger partial charge < -0.3 is 33.8 Å². The third-order valence-electron chi connectivity index (χ3n) is 15.8. The third-order valence-corrected chi connectivity index (χ3v) is 17.7. The molecule has 0 aromatic carbocycles. The molecule has 0 rings (SSSR count). The molecule has 3 N–H and O–H groups in total. The number of aliphatic hydroxyl groups excluding tert-OH is 1. The van der Waals surface area contributed by atoms with Gasteiger partial charge in [-0.1, -0.05) is 287 Å². The Labute approximate surface area is 537 Å². The van der Waals surface area contributed by atoms with Crippen molar-refractivity contribution in [2.75, 3.05) is 39.6 Å². The maximum absolute atomic E-state index is 13.0. The molecule has 0 amide bonds. The highest BCUT2D eigenvalue weighted by atomic mass is 31.2. The number of phosphoric ester groups is 2. The molecular formula is C69H134O17P2. The lowest BCUT2D eigenvalue weighted by Gasteiger charge is -2.21. The lowest BCUT2D eigenvalue weighted by atomic mass is 10.0. The number of phosphoric acid groups is 2. The molecule has 88 heavy (non-hydrogen) atoms. The minimum Gasteiger partial charge on any atom is -0.462 e. The average molecular weight is 1300 g/mol. The molecule has 0 saturated carbocycles. The summed E-state index contributed by atoms with van der Waals surface area (Å²) in [6, 6.07) is 0. The van der Waals surface area contributed by atoms with E-state index in [1.165, 1.54) is 135 Å². The first-order valence-electron chi connectivity index (χ1n) is 35.7. The Balaban J connectivity index is 5.16. The summed E-state index contributed by atoms with van der Waals surface area (Å²) in [6.07, 6.45) is 40.8. The van der Waals surface area contributed by atoms with Crippen molar-refractivity contribution in [3.63, 3.8) is 0 Å². The van der Waals surface area contributed by atoms with Gasteiger partial charge in [-0.2, -0.15) is 0 Å². The number of esters is 4. The largest absolute Gasteiger partial charge is 0.472 e. The first kappa shape index (κ1) is 86.1. The normalized spacial score (nSPS) is 14.3. The second-order valence-electron chi connectivity index (χ2n) is 26.8. The van der Waals surface area contributed by atoms with Crippen LogP contribution in [0.1, 0.15) is 338 Å². The van der Waals surface area contributed by atoms with Crippen LogP contribution in [0.5, 0.6) is 0 Å². The van der Waals surface area contributed by atoms with Crippen molar-refractivity contribution in [1.29, 1.82) is 0 Å². The number of aliphatic hydroxyl groups is 1. The van der Waals surface area contributed by atoms with E-state index < -0.39 is 97.5 Å². The summed E-state index contributed by atoms with van der Waals surface area (Å²) in [5.74, 6) is 0.741. The zero-order chi connectivity index (χ0) is 65.4. The molecule has 0 spiro atoms. The van der Waals surface area contributed by atoms with Crippen LogP contribution >= 0.6 is 15.6 Å². The molecule has 0 aliphatic rings. The summed E-state index contributed by atoms with van der Waals surface area (Å²) < 4.78 is 68.1. The van der Waals surface area contributed by atoms with Crippen molar-refractivity contribution >= 4 is 39.5 Å². The topological polar surface area (TPSA) is 237 Å². The Hall–Kier alpha value is -1.94. The Bertz CT molecular complexity index is 1750. The predicted octanol–water partition coefficient (Wildman–Crippen LogP) is 19.3. The van der Waals surface area contributed by atoms with Gasteiger partial charge in [0, 0.05) is 25.7 Å². The van der Waals surface area contributed by atoms with Crippen LogP contribution in [0.15, 0.2) is 0 Å². The highest BCUT2D eigenvalue weighted by Gasteiger charge is 2.30. The number of unbranched alkanes of at least 4 members (excludes halogenated alkanes) is 32. The molecule has 17 nitrogen and oxygen atoms in total. The van der Waals surface area contributed by atoms with Crippen LogP contribution in [0.3, 0.4) is 0 Å². The van der Waals surface area contributed by atoms with Gasteiger partial charge in [-0.15, -0.1) is 0 Å². The molecular weight excluding hydrogens is 1160 g/mol. The molecule has 5 atom stereocenters. The van der Waals surface area contributed by atoms with Gasteiger partial charge in [0.1, 0.15) is 19.3 Å². The molecule has 0 aliphatic heterocycles. The average Bonchev–Trinajstić information content (AvgIpc) is 3.51.